The summed E-state index contributed by atoms with van der Waals surface area (Å²) >= 11 is 0. The van der Waals surface area contributed by atoms with Crippen molar-refractivity contribution in [1.82, 2.24) is 0 Å². The molecule has 0 saturated carbocycles. The minimum Gasteiger partial charge on any atom is -0.436 e. The molecule has 0 saturated heterocycles. The van der Waals surface area contributed by atoms with Gasteiger partial charge in [-0.05, 0) is 6.92 Å². The van der Waals surface area contributed by atoms with Gasteiger partial charge in [0, 0.05) is 41.7 Å². The van der Waals surface area contributed by atoms with E-state index in [4.69, 9.17) is 0 Å². The fourth-order valence-electron chi connectivity index (χ4n) is 0.282. The minimum atomic E-state index is -0.424. The Morgan fingerprint density at radius 3 is 2.11 bits per heavy atom. The van der Waals surface area contributed by atoms with Gasteiger partial charge < -0.3 is 9.47 Å². The van der Waals surface area contributed by atoms with Crippen LogP contribution in [0.3, 0.4) is 0 Å². The Hall–Kier alpha value is 0.365. The van der Waals surface area contributed by atoms with Crippen molar-refractivity contribution in [3.05, 3.63) is 0 Å². The molecule has 0 bridgehead atoms. The van der Waals surface area contributed by atoms with E-state index in [1.54, 1.807) is 6.92 Å². The van der Waals surface area contributed by atoms with Gasteiger partial charge in [-0.25, -0.2) is 0 Å². The van der Waals surface area contributed by atoms with E-state index >= 15 is 0 Å². The number of esters is 1. The van der Waals surface area contributed by atoms with Crippen molar-refractivity contribution in [3.63, 3.8) is 0 Å². The van der Waals surface area contributed by atoms with E-state index in [2.05, 4.69) is 9.47 Å². The molecule has 3 nitrogen and oxygen atoms in total. The standard InChI is InChI=1S/C5H10O3.Hg/c1-4(6)8-5(2)7-3;/h5H,1-3H3;. The van der Waals surface area contributed by atoms with Crippen LogP contribution >= 0.6 is 0 Å². The molecule has 0 heterocycles. The van der Waals surface area contributed by atoms with Crippen LogP contribution in [0.15, 0.2) is 0 Å². The zero-order chi connectivity index (χ0) is 6.57. The summed E-state index contributed by atoms with van der Waals surface area (Å²) in [7, 11) is 1.48. The maximum Gasteiger partial charge on any atom is 0.304 e. The molecule has 0 rings (SSSR count). The van der Waals surface area contributed by atoms with Crippen LogP contribution in [0.2, 0.25) is 0 Å². The van der Waals surface area contributed by atoms with Gasteiger partial charge in [-0.15, -0.1) is 0 Å². The summed E-state index contributed by atoms with van der Waals surface area (Å²) in [6.07, 6.45) is -0.424. The van der Waals surface area contributed by atoms with E-state index in [1.807, 2.05) is 0 Å². The fraction of sp³-hybridized carbons (Fsp3) is 0.800. The number of hydrogen-bond acceptors (Lipinski definition) is 3. The third-order valence-corrected chi connectivity index (χ3v) is 0.664. The number of methoxy groups -OCH3 is 1. The van der Waals surface area contributed by atoms with Gasteiger partial charge in [0.25, 0.3) is 0 Å². The Morgan fingerprint density at radius 1 is 1.56 bits per heavy atom. The monoisotopic (exact) mass is 320 g/mol. The van der Waals surface area contributed by atoms with Crippen molar-refractivity contribution in [1.29, 1.82) is 0 Å². The summed E-state index contributed by atoms with van der Waals surface area (Å²) in [6, 6.07) is 0. The molecule has 0 aromatic heterocycles. The smallest absolute Gasteiger partial charge is 0.304 e. The molecule has 1 unspecified atom stereocenters. The van der Waals surface area contributed by atoms with Crippen molar-refractivity contribution in [2.75, 3.05) is 7.11 Å². The molecule has 1 atom stereocenters. The van der Waals surface area contributed by atoms with Crippen LogP contribution in [0.4, 0.5) is 0 Å². The van der Waals surface area contributed by atoms with E-state index in [0.717, 1.165) is 0 Å². The first kappa shape index (κ1) is 12.1. The summed E-state index contributed by atoms with van der Waals surface area (Å²) in [6.45, 7) is 3.00. The quantitative estimate of drug-likeness (QED) is 0.423. The second-order valence-electron chi connectivity index (χ2n) is 1.41. The summed E-state index contributed by atoms with van der Waals surface area (Å²) in [5, 5.41) is 0. The van der Waals surface area contributed by atoms with E-state index in [-0.39, 0.29) is 33.6 Å². The summed E-state index contributed by atoms with van der Waals surface area (Å²) in [4.78, 5) is 10.1. The minimum absolute atomic E-state index is 0. The summed E-state index contributed by atoms with van der Waals surface area (Å²) < 4.78 is 9.16. The molecule has 50 valence electrons. The maximum absolute atomic E-state index is 10.1. The van der Waals surface area contributed by atoms with Crippen LogP contribution in [0, 0.1) is 0 Å². The van der Waals surface area contributed by atoms with E-state index in [9.17, 15) is 4.79 Å². The van der Waals surface area contributed by atoms with Crippen LogP contribution in [0.5, 0.6) is 0 Å². The summed E-state index contributed by atoms with van der Waals surface area (Å²) in [5.41, 5.74) is 0. The normalized spacial score (nSPS) is 11.4. The molecule has 0 N–H and O–H groups in total. The summed E-state index contributed by atoms with van der Waals surface area (Å²) in [5.74, 6) is -0.320. The predicted octanol–water partition coefficient (Wildman–Crippen LogP) is 0.539. The molecule has 0 aliphatic heterocycles. The van der Waals surface area contributed by atoms with Crippen molar-refractivity contribution < 1.29 is 41.9 Å². The molecular formula is C5H10HgO3. The largest absolute Gasteiger partial charge is 0.436 e. The Labute approximate surface area is 75.2 Å². The van der Waals surface area contributed by atoms with Gasteiger partial charge in [0.05, 0.1) is 0 Å². The van der Waals surface area contributed by atoms with Crippen LogP contribution < -0.4 is 0 Å². The van der Waals surface area contributed by atoms with Gasteiger partial charge in [0.1, 0.15) is 0 Å². The molecule has 0 aliphatic rings. The molecule has 0 aliphatic carbocycles. The van der Waals surface area contributed by atoms with Crippen LogP contribution in [-0.4, -0.2) is 19.4 Å². The molecule has 0 spiro atoms. The van der Waals surface area contributed by atoms with Gasteiger partial charge in [0.2, 0.25) is 0 Å². The van der Waals surface area contributed by atoms with Crippen LogP contribution in [0.1, 0.15) is 13.8 Å². The topological polar surface area (TPSA) is 35.5 Å². The average molecular weight is 319 g/mol. The zero-order valence-electron chi connectivity index (χ0n) is 6.01. The SMILES string of the molecule is COC(C)OC(C)=O.[Hg]. The molecular weight excluding hydrogens is 309 g/mol. The van der Waals surface area contributed by atoms with Crippen LogP contribution in [0.25, 0.3) is 0 Å². The van der Waals surface area contributed by atoms with E-state index in [1.165, 1.54) is 14.0 Å². The Morgan fingerprint density at radius 2 is 2.00 bits per heavy atom. The van der Waals surface area contributed by atoms with Crippen molar-refractivity contribution in [3.8, 4) is 0 Å². The van der Waals surface area contributed by atoms with Crippen molar-refractivity contribution >= 4 is 5.97 Å². The van der Waals surface area contributed by atoms with Gasteiger partial charge >= 0.3 is 5.97 Å². The van der Waals surface area contributed by atoms with E-state index < -0.39 is 6.29 Å². The first-order valence-electron chi connectivity index (χ1n) is 2.37. The molecule has 4 heteroatoms. The molecule has 0 aromatic carbocycles. The third kappa shape index (κ3) is 8.37. The Kier molecular flexibility index (Phi) is 8.70. The van der Waals surface area contributed by atoms with E-state index in [0.29, 0.717) is 0 Å². The number of carbonyl (C=O) groups excluding carboxylic acids is 1. The molecule has 0 amide bonds. The van der Waals surface area contributed by atoms with Crippen molar-refractivity contribution in [2.24, 2.45) is 0 Å². The van der Waals surface area contributed by atoms with Gasteiger partial charge in [-0.1, -0.05) is 0 Å². The fourth-order valence-corrected chi connectivity index (χ4v) is 0.282. The number of hydrogen-bond donors (Lipinski definition) is 0. The molecule has 0 aromatic rings. The zero-order valence-corrected chi connectivity index (χ0v) is 11.5. The average Bonchev–Trinajstić information content (AvgIpc) is 1.65. The second kappa shape index (κ2) is 6.48. The molecule has 0 radical (unpaired) electrons. The number of ether oxygens (including phenoxy) is 2. The van der Waals surface area contributed by atoms with Crippen LogP contribution in [-0.2, 0) is 41.9 Å². The molecule has 0 fully saturated rings. The Bertz CT molecular complexity index is 84.3. The number of carbonyl (C=O) groups is 1. The van der Waals surface area contributed by atoms with Crippen molar-refractivity contribution in [2.45, 2.75) is 20.1 Å². The predicted molar refractivity (Wildman–Crippen MR) is 28.2 cm³/mol. The number of rotatable bonds is 2. The molecule has 9 heavy (non-hydrogen) atoms. The maximum atomic E-state index is 10.1. The first-order valence-corrected chi connectivity index (χ1v) is 2.37. The van der Waals surface area contributed by atoms with Gasteiger partial charge in [-0.2, -0.15) is 0 Å². The Balaban J connectivity index is 0. The van der Waals surface area contributed by atoms with Gasteiger partial charge in [0.15, 0.2) is 6.29 Å². The third-order valence-electron chi connectivity index (χ3n) is 0.664. The van der Waals surface area contributed by atoms with Gasteiger partial charge in [-0.3, -0.25) is 4.79 Å². The second-order valence-corrected chi connectivity index (χ2v) is 1.41. The first-order chi connectivity index (χ1) is 3.66.